The van der Waals surface area contributed by atoms with Crippen molar-refractivity contribution in [1.29, 1.82) is 0 Å². The second-order valence-electron chi connectivity index (χ2n) is 7.39. The van der Waals surface area contributed by atoms with E-state index >= 15 is 0 Å². The molecule has 0 heterocycles. The summed E-state index contributed by atoms with van der Waals surface area (Å²) in [4.78, 5) is 35.3. The Labute approximate surface area is 159 Å². The van der Waals surface area contributed by atoms with Gasteiger partial charge >= 0.3 is 5.97 Å². The lowest BCUT2D eigenvalue weighted by molar-refractivity contribution is -0.140. The molecular weight excluding hydrogens is 344 g/mol. The van der Waals surface area contributed by atoms with E-state index in [1.54, 1.807) is 0 Å². The standard InChI is InChI=1S/C22H26O5/c1-27-21(26)7-5-3-2-4-6-17-19(24)13-20(25)22(17)15-8-10-16-14(12-15)9-11-18(16)23/h2,4,8,10,12,17,20,22,25H,3,5-7,9,11,13H2,1H3/b4-2+. The number of rotatable bonds is 7. The van der Waals surface area contributed by atoms with Gasteiger partial charge in [0.15, 0.2) is 5.78 Å². The van der Waals surface area contributed by atoms with Gasteiger partial charge in [0.2, 0.25) is 0 Å². The third kappa shape index (κ3) is 4.35. The lowest BCUT2D eigenvalue weighted by Gasteiger charge is -2.21. The van der Waals surface area contributed by atoms with Crippen LogP contribution in [0.2, 0.25) is 0 Å². The van der Waals surface area contributed by atoms with E-state index in [1.165, 1.54) is 7.11 Å². The number of esters is 1. The van der Waals surface area contributed by atoms with Crippen LogP contribution in [0.4, 0.5) is 0 Å². The maximum Gasteiger partial charge on any atom is 0.305 e. The molecule has 1 aromatic rings. The Hall–Kier alpha value is -2.27. The molecule has 1 fully saturated rings. The second-order valence-corrected chi connectivity index (χ2v) is 7.39. The fraction of sp³-hybridized carbons (Fsp3) is 0.500. The Morgan fingerprint density at radius 1 is 1.26 bits per heavy atom. The molecule has 144 valence electrons. The summed E-state index contributed by atoms with van der Waals surface area (Å²) < 4.78 is 4.61. The predicted molar refractivity (Wildman–Crippen MR) is 101 cm³/mol. The fourth-order valence-corrected chi connectivity index (χ4v) is 4.20. The van der Waals surface area contributed by atoms with E-state index in [2.05, 4.69) is 4.74 Å². The van der Waals surface area contributed by atoms with Crippen LogP contribution in [0.5, 0.6) is 0 Å². The Balaban J connectivity index is 1.64. The molecule has 1 aromatic carbocycles. The highest BCUT2D eigenvalue weighted by molar-refractivity contribution is 6.00. The summed E-state index contributed by atoms with van der Waals surface area (Å²) in [7, 11) is 1.38. The number of allylic oxidation sites excluding steroid dienone is 2. The average molecular weight is 370 g/mol. The van der Waals surface area contributed by atoms with Crippen molar-refractivity contribution < 1.29 is 24.2 Å². The van der Waals surface area contributed by atoms with E-state index in [0.717, 1.165) is 29.5 Å². The van der Waals surface area contributed by atoms with Gasteiger partial charge in [-0.15, -0.1) is 0 Å². The molecule has 5 nitrogen and oxygen atoms in total. The number of benzene rings is 1. The molecule has 27 heavy (non-hydrogen) atoms. The van der Waals surface area contributed by atoms with Gasteiger partial charge in [-0.05, 0) is 36.8 Å². The molecule has 0 amide bonds. The van der Waals surface area contributed by atoms with Gasteiger partial charge in [0, 0.05) is 36.7 Å². The van der Waals surface area contributed by atoms with E-state index < -0.39 is 6.10 Å². The molecular formula is C22H26O5. The van der Waals surface area contributed by atoms with Gasteiger partial charge in [0.05, 0.1) is 13.2 Å². The van der Waals surface area contributed by atoms with Crippen molar-refractivity contribution in [2.45, 2.75) is 57.0 Å². The monoisotopic (exact) mass is 370 g/mol. The first-order chi connectivity index (χ1) is 13.0. The second kappa shape index (κ2) is 8.61. The van der Waals surface area contributed by atoms with Crippen molar-refractivity contribution in [1.82, 2.24) is 0 Å². The Morgan fingerprint density at radius 2 is 2.07 bits per heavy atom. The number of hydrogen-bond donors (Lipinski definition) is 1. The maximum atomic E-state index is 12.4. The van der Waals surface area contributed by atoms with Crippen LogP contribution in [-0.4, -0.2) is 35.9 Å². The largest absolute Gasteiger partial charge is 0.469 e. The molecule has 0 bridgehead atoms. The van der Waals surface area contributed by atoms with E-state index in [9.17, 15) is 19.5 Å². The molecule has 2 aliphatic rings. The minimum Gasteiger partial charge on any atom is -0.469 e. The quantitative estimate of drug-likeness (QED) is 0.453. The van der Waals surface area contributed by atoms with Crippen LogP contribution in [0.1, 0.15) is 65.9 Å². The smallest absolute Gasteiger partial charge is 0.305 e. The fourth-order valence-electron chi connectivity index (χ4n) is 4.20. The summed E-state index contributed by atoms with van der Waals surface area (Å²) in [6.45, 7) is 0. The topological polar surface area (TPSA) is 80.7 Å². The zero-order valence-corrected chi connectivity index (χ0v) is 15.6. The minimum atomic E-state index is -0.676. The molecule has 0 aliphatic heterocycles. The van der Waals surface area contributed by atoms with Crippen molar-refractivity contribution in [3.63, 3.8) is 0 Å². The summed E-state index contributed by atoms with van der Waals surface area (Å²) in [5.41, 5.74) is 2.76. The third-order valence-electron chi connectivity index (χ3n) is 5.64. The summed E-state index contributed by atoms with van der Waals surface area (Å²) in [6, 6.07) is 5.73. The molecule has 0 aromatic heterocycles. The number of methoxy groups -OCH3 is 1. The number of unbranched alkanes of at least 4 members (excludes halogenated alkanes) is 1. The zero-order chi connectivity index (χ0) is 19.4. The van der Waals surface area contributed by atoms with Gasteiger partial charge in [-0.2, -0.15) is 0 Å². The number of carbonyl (C=O) groups excluding carboxylic acids is 3. The Bertz CT molecular complexity index is 764. The average Bonchev–Trinajstić information content (AvgIpc) is 3.16. The van der Waals surface area contributed by atoms with E-state index in [0.29, 0.717) is 25.7 Å². The number of aryl methyl sites for hydroxylation is 1. The van der Waals surface area contributed by atoms with Crippen molar-refractivity contribution >= 4 is 17.5 Å². The first kappa shape index (κ1) is 19.5. The van der Waals surface area contributed by atoms with Gasteiger partial charge in [-0.1, -0.05) is 30.4 Å². The van der Waals surface area contributed by atoms with Gasteiger partial charge in [-0.25, -0.2) is 0 Å². The Kier molecular flexibility index (Phi) is 6.22. The van der Waals surface area contributed by atoms with Crippen molar-refractivity contribution in [2.75, 3.05) is 7.11 Å². The van der Waals surface area contributed by atoms with Crippen molar-refractivity contribution in [3.8, 4) is 0 Å². The number of aliphatic hydroxyl groups excluding tert-OH is 1. The number of Topliss-reactive ketones (excluding diaryl/α,β-unsaturated/α-hetero) is 2. The first-order valence-electron chi connectivity index (χ1n) is 9.60. The number of aliphatic hydroxyl groups is 1. The summed E-state index contributed by atoms with van der Waals surface area (Å²) in [5.74, 6) is -0.424. The number of ether oxygens (including phenoxy) is 1. The molecule has 0 radical (unpaired) electrons. The number of ketones is 2. The van der Waals surface area contributed by atoms with E-state index in [1.807, 2.05) is 30.4 Å². The lowest BCUT2D eigenvalue weighted by Crippen LogP contribution is -2.18. The zero-order valence-electron chi connectivity index (χ0n) is 15.6. The summed E-state index contributed by atoms with van der Waals surface area (Å²) in [5, 5.41) is 10.4. The van der Waals surface area contributed by atoms with Crippen LogP contribution in [-0.2, 0) is 20.7 Å². The van der Waals surface area contributed by atoms with Crippen molar-refractivity contribution in [3.05, 3.63) is 47.0 Å². The highest BCUT2D eigenvalue weighted by atomic mass is 16.5. The molecule has 1 N–H and O–H groups in total. The lowest BCUT2D eigenvalue weighted by atomic mass is 9.84. The van der Waals surface area contributed by atoms with Crippen LogP contribution in [0.25, 0.3) is 0 Å². The van der Waals surface area contributed by atoms with E-state index in [4.69, 9.17) is 0 Å². The minimum absolute atomic E-state index is 0.0864. The maximum absolute atomic E-state index is 12.4. The predicted octanol–water partition coefficient (Wildman–Crippen LogP) is 3.14. The van der Waals surface area contributed by atoms with Crippen LogP contribution in [0, 0.1) is 5.92 Å². The van der Waals surface area contributed by atoms with Gasteiger partial charge in [0.1, 0.15) is 5.78 Å². The van der Waals surface area contributed by atoms with E-state index in [-0.39, 0.29) is 35.8 Å². The Morgan fingerprint density at radius 3 is 2.85 bits per heavy atom. The highest BCUT2D eigenvalue weighted by Gasteiger charge is 2.42. The summed E-state index contributed by atoms with van der Waals surface area (Å²) >= 11 is 0. The van der Waals surface area contributed by atoms with Crippen LogP contribution < -0.4 is 0 Å². The molecule has 5 heteroatoms. The molecule has 3 atom stereocenters. The normalized spacial score (nSPS) is 24.6. The highest BCUT2D eigenvalue weighted by Crippen LogP contribution is 2.41. The summed E-state index contributed by atoms with van der Waals surface area (Å²) in [6.07, 6.45) is 7.18. The number of fused-ring (bicyclic) bond motifs is 1. The SMILES string of the molecule is COC(=O)CCC/C=C/CC1C(=O)CC(O)C1c1ccc2c(c1)CCC2=O. The third-order valence-corrected chi connectivity index (χ3v) is 5.64. The van der Waals surface area contributed by atoms with Crippen LogP contribution >= 0.6 is 0 Å². The molecule has 1 saturated carbocycles. The van der Waals surface area contributed by atoms with Crippen LogP contribution in [0.15, 0.2) is 30.4 Å². The van der Waals surface area contributed by atoms with Gasteiger partial charge < -0.3 is 9.84 Å². The number of hydrogen-bond acceptors (Lipinski definition) is 5. The first-order valence-corrected chi connectivity index (χ1v) is 9.60. The van der Waals surface area contributed by atoms with Crippen LogP contribution in [0.3, 0.4) is 0 Å². The number of carbonyl (C=O) groups is 3. The molecule has 0 spiro atoms. The molecule has 2 aliphatic carbocycles. The molecule has 3 rings (SSSR count). The molecule has 3 unspecified atom stereocenters. The van der Waals surface area contributed by atoms with Gasteiger partial charge in [0.25, 0.3) is 0 Å². The molecule has 0 saturated heterocycles. The van der Waals surface area contributed by atoms with Gasteiger partial charge in [-0.3, -0.25) is 14.4 Å². The van der Waals surface area contributed by atoms with Crippen molar-refractivity contribution in [2.24, 2.45) is 5.92 Å².